The van der Waals surface area contributed by atoms with Crippen LogP contribution in [0.25, 0.3) is 0 Å². The quantitative estimate of drug-likeness (QED) is 0.113. The highest BCUT2D eigenvalue weighted by atomic mass is 16.5. The largest absolute Gasteiger partial charge is 0.491 e. The van der Waals surface area contributed by atoms with Crippen molar-refractivity contribution in [2.75, 3.05) is 0 Å². The van der Waals surface area contributed by atoms with E-state index < -0.39 is 5.41 Å². The molecule has 1 unspecified atom stereocenters. The molecule has 0 amide bonds. The molecule has 0 aliphatic rings. The van der Waals surface area contributed by atoms with E-state index in [-0.39, 0.29) is 12.1 Å². The van der Waals surface area contributed by atoms with Crippen molar-refractivity contribution in [1.82, 2.24) is 0 Å². The van der Waals surface area contributed by atoms with Crippen LogP contribution in [-0.2, 0) is 5.41 Å². The number of hydrogen-bond acceptors (Lipinski definition) is 3. The molecule has 0 N–H and O–H groups in total. The third-order valence-corrected chi connectivity index (χ3v) is 7.12. The Morgan fingerprint density at radius 2 is 1.00 bits per heavy atom. The summed E-state index contributed by atoms with van der Waals surface area (Å²) in [6.07, 6.45) is 1.09. The maximum atomic E-state index is 12.7. The Balaban J connectivity index is 1.61. The van der Waals surface area contributed by atoms with E-state index in [1.54, 1.807) is 12.1 Å². The number of carbonyl (C=O) groups excluding carboxylic acids is 1. The highest BCUT2D eigenvalue weighted by Crippen LogP contribution is 2.45. The lowest BCUT2D eigenvalue weighted by atomic mass is 9.65. The van der Waals surface area contributed by atoms with Gasteiger partial charge in [0.15, 0.2) is 0 Å². The predicted molar refractivity (Wildman–Crippen MR) is 157 cm³/mol. The van der Waals surface area contributed by atoms with Crippen molar-refractivity contribution in [2.24, 2.45) is 0 Å². The molecule has 194 valence electrons. The lowest BCUT2D eigenvalue weighted by Crippen LogP contribution is -2.31. The maximum absolute atomic E-state index is 12.7. The molecule has 0 saturated heterocycles. The van der Waals surface area contributed by atoms with Crippen LogP contribution in [0.2, 0.25) is 0 Å². The van der Waals surface area contributed by atoms with Crippen LogP contribution in [0.15, 0.2) is 140 Å². The number of hydrogen-bond donors (Lipinski definition) is 0. The van der Waals surface area contributed by atoms with Crippen LogP contribution in [0, 0.1) is 0 Å². The summed E-state index contributed by atoms with van der Waals surface area (Å²) in [5, 5.41) is 0. The van der Waals surface area contributed by atoms with E-state index in [1.165, 1.54) is 0 Å². The lowest BCUT2D eigenvalue weighted by Gasteiger charge is -2.37. The number of rotatable bonds is 9. The number of esters is 1. The number of ether oxygens (including phenoxy) is 2. The van der Waals surface area contributed by atoms with Gasteiger partial charge in [0.2, 0.25) is 0 Å². The molecule has 1 atom stereocenters. The summed E-state index contributed by atoms with van der Waals surface area (Å²) in [6.45, 7) is 4.20. The lowest BCUT2D eigenvalue weighted by molar-refractivity contribution is 0.0734. The average Bonchev–Trinajstić information content (AvgIpc) is 3.00. The molecule has 3 heteroatoms. The monoisotopic (exact) mass is 512 g/mol. The summed E-state index contributed by atoms with van der Waals surface area (Å²) >= 11 is 0. The minimum absolute atomic E-state index is 0.148. The van der Waals surface area contributed by atoms with Crippen LogP contribution >= 0.6 is 0 Å². The Bertz CT molecular complexity index is 1440. The standard InChI is InChI=1S/C36H32O3/c1-3-27(2)38-33-23-19-31(20-24-33)36(29-15-9-5-10-16-29,30-17-11-6-12-18-30)32-21-25-34(26-22-32)39-35(37)28-13-7-4-8-14-28/h4-27H,3H2,1-2H3. The van der Waals surface area contributed by atoms with Crippen LogP contribution in [0.3, 0.4) is 0 Å². The number of carbonyl (C=O) groups is 1. The topological polar surface area (TPSA) is 35.5 Å². The summed E-state index contributed by atoms with van der Waals surface area (Å²) in [4.78, 5) is 12.7. The summed E-state index contributed by atoms with van der Waals surface area (Å²) < 4.78 is 11.8. The van der Waals surface area contributed by atoms with Crippen molar-refractivity contribution in [1.29, 1.82) is 0 Å². The van der Waals surface area contributed by atoms with Gasteiger partial charge < -0.3 is 9.47 Å². The van der Waals surface area contributed by atoms with Crippen molar-refractivity contribution in [2.45, 2.75) is 31.8 Å². The Morgan fingerprint density at radius 3 is 1.46 bits per heavy atom. The van der Waals surface area contributed by atoms with Crippen LogP contribution in [0.4, 0.5) is 0 Å². The fraction of sp³-hybridized carbons (Fsp3) is 0.139. The Morgan fingerprint density at radius 1 is 0.590 bits per heavy atom. The van der Waals surface area contributed by atoms with Gasteiger partial charge in [0.1, 0.15) is 11.5 Å². The highest BCUT2D eigenvalue weighted by molar-refractivity contribution is 5.91. The molecule has 0 aliphatic heterocycles. The van der Waals surface area contributed by atoms with Gasteiger partial charge in [-0.05, 0) is 72.0 Å². The van der Waals surface area contributed by atoms with E-state index >= 15 is 0 Å². The first-order chi connectivity index (χ1) is 19.1. The summed E-state index contributed by atoms with van der Waals surface area (Å²) in [5.74, 6) is 0.976. The SMILES string of the molecule is CCC(C)Oc1ccc(C(c2ccccc2)(c2ccccc2)c2ccc(OC(=O)c3ccccc3)cc2)cc1. The first-order valence-corrected chi connectivity index (χ1v) is 13.4. The van der Waals surface area contributed by atoms with Crippen molar-refractivity contribution >= 4 is 5.97 Å². The average molecular weight is 513 g/mol. The molecule has 3 nitrogen and oxygen atoms in total. The maximum Gasteiger partial charge on any atom is 0.343 e. The van der Waals surface area contributed by atoms with E-state index in [0.29, 0.717) is 11.3 Å². The zero-order valence-corrected chi connectivity index (χ0v) is 22.3. The van der Waals surface area contributed by atoms with Gasteiger partial charge in [-0.15, -0.1) is 0 Å². The van der Waals surface area contributed by atoms with Gasteiger partial charge in [0.25, 0.3) is 0 Å². The second-order valence-electron chi connectivity index (χ2n) is 9.62. The Kier molecular flexibility index (Phi) is 7.88. The van der Waals surface area contributed by atoms with Gasteiger partial charge in [-0.1, -0.05) is 110 Å². The van der Waals surface area contributed by atoms with Crippen molar-refractivity contribution in [3.05, 3.63) is 167 Å². The van der Waals surface area contributed by atoms with Gasteiger partial charge in [-0.25, -0.2) is 4.79 Å². The molecule has 0 spiro atoms. The van der Waals surface area contributed by atoms with Gasteiger partial charge in [0.05, 0.1) is 17.1 Å². The minimum Gasteiger partial charge on any atom is -0.491 e. The predicted octanol–water partition coefficient (Wildman–Crippen LogP) is 8.47. The normalized spacial score (nSPS) is 11.9. The molecule has 5 aromatic carbocycles. The van der Waals surface area contributed by atoms with Gasteiger partial charge in [0, 0.05) is 0 Å². The molecule has 0 saturated carbocycles. The Labute approximate surface area is 230 Å². The smallest absolute Gasteiger partial charge is 0.343 e. The van der Waals surface area contributed by atoms with Gasteiger partial charge >= 0.3 is 5.97 Å². The molecule has 0 aromatic heterocycles. The number of benzene rings is 5. The highest BCUT2D eigenvalue weighted by Gasteiger charge is 2.38. The molecule has 39 heavy (non-hydrogen) atoms. The Hall–Kier alpha value is -4.63. The van der Waals surface area contributed by atoms with Crippen LogP contribution in [0.1, 0.15) is 52.9 Å². The molecule has 0 fully saturated rings. The molecule has 0 aliphatic carbocycles. The molecule has 0 heterocycles. The molecular formula is C36H32O3. The fourth-order valence-corrected chi connectivity index (χ4v) is 4.99. The summed E-state index contributed by atoms with van der Waals surface area (Å²) in [6, 6.07) is 46.3. The zero-order chi connectivity index (χ0) is 27.1. The third kappa shape index (κ3) is 5.49. The molecule has 5 rings (SSSR count). The van der Waals surface area contributed by atoms with Crippen LogP contribution < -0.4 is 9.47 Å². The molecule has 0 bridgehead atoms. The van der Waals surface area contributed by atoms with Crippen molar-refractivity contribution in [3.63, 3.8) is 0 Å². The molecular weight excluding hydrogens is 480 g/mol. The third-order valence-electron chi connectivity index (χ3n) is 7.12. The second-order valence-corrected chi connectivity index (χ2v) is 9.62. The minimum atomic E-state index is -0.598. The summed E-state index contributed by atoms with van der Waals surface area (Å²) in [5.41, 5.74) is 4.38. The van der Waals surface area contributed by atoms with Crippen molar-refractivity contribution < 1.29 is 14.3 Å². The van der Waals surface area contributed by atoms with Crippen LogP contribution in [0.5, 0.6) is 11.5 Å². The van der Waals surface area contributed by atoms with E-state index in [0.717, 1.165) is 34.4 Å². The second kappa shape index (κ2) is 11.8. The van der Waals surface area contributed by atoms with Crippen LogP contribution in [-0.4, -0.2) is 12.1 Å². The molecule has 5 aromatic rings. The van der Waals surface area contributed by atoms with Gasteiger partial charge in [-0.2, -0.15) is 0 Å². The first kappa shape index (κ1) is 26.0. The van der Waals surface area contributed by atoms with Gasteiger partial charge in [-0.3, -0.25) is 0 Å². The van der Waals surface area contributed by atoms with E-state index in [2.05, 4.69) is 98.8 Å². The fourth-order valence-electron chi connectivity index (χ4n) is 4.99. The van der Waals surface area contributed by atoms with E-state index in [9.17, 15) is 4.79 Å². The van der Waals surface area contributed by atoms with E-state index in [1.807, 2.05) is 42.5 Å². The first-order valence-electron chi connectivity index (χ1n) is 13.4. The zero-order valence-electron chi connectivity index (χ0n) is 22.3. The summed E-state index contributed by atoms with van der Waals surface area (Å²) in [7, 11) is 0. The van der Waals surface area contributed by atoms with Crippen molar-refractivity contribution in [3.8, 4) is 11.5 Å². The van der Waals surface area contributed by atoms with E-state index in [4.69, 9.17) is 9.47 Å². The molecule has 0 radical (unpaired) electrons.